The molecule has 5 fully saturated rings. The fourth-order valence-corrected chi connectivity index (χ4v) is 9.33. The van der Waals surface area contributed by atoms with Crippen LogP contribution in [0.2, 0.25) is 0 Å². The Labute approximate surface area is 197 Å². The monoisotopic (exact) mass is 506 g/mol. The van der Waals surface area contributed by atoms with Gasteiger partial charge >= 0.3 is 0 Å². The van der Waals surface area contributed by atoms with Crippen molar-refractivity contribution in [3.05, 3.63) is 18.2 Å². The highest BCUT2D eigenvalue weighted by Gasteiger charge is 2.57. The Morgan fingerprint density at radius 1 is 1.19 bits per heavy atom. The van der Waals surface area contributed by atoms with Crippen LogP contribution in [0, 0.1) is 17.3 Å². The Morgan fingerprint density at radius 2 is 1.94 bits per heavy atom. The van der Waals surface area contributed by atoms with Gasteiger partial charge in [-0.3, -0.25) is 9.69 Å². The lowest BCUT2D eigenvalue weighted by Gasteiger charge is -2.60. The lowest BCUT2D eigenvalue weighted by atomic mass is 9.48. The number of alkyl halides is 1. The van der Waals surface area contributed by atoms with Crippen LogP contribution in [0.3, 0.4) is 0 Å². The number of benzene rings is 1. The first-order chi connectivity index (χ1) is 14.9. The van der Waals surface area contributed by atoms with Crippen LogP contribution >= 0.6 is 27.7 Å². The van der Waals surface area contributed by atoms with E-state index >= 15 is 0 Å². The molecular weight excluding hydrogens is 476 g/mol. The molecule has 0 unspecified atom stereocenters. The van der Waals surface area contributed by atoms with E-state index in [0.717, 1.165) is 47.8 Å². The summed E-state index contributed by atoms with van der Waals surface area (Å²) in [7, 11) is 3.25. The summed E-state index contributed by atoms with van der Waals surface area (Å²) in [6.07, 6.45) is 9.26. The Hall–Kier alpha value is -1.21. The second-order valence-electron chi connectivity index (χ2n) is 9.97. The molecule has 1 amide bonds. The van der Waals surface area contributed by atoms with Gasteiger partial charge in [0.15, 0.2) is 16.7 Å². The number of methoxy groups -OCH3 is 2. The van der Waals surface area contributed by atoms with Crippen LogP contribution in [0.1, 0.15) is 51.4 Å². The summed E-state index contributed by atoms with van der Waals surface area (Å²) in [4.78, 5) is 20.4. The quantitative estimate of drug-likeness (QED) is 0.474. The van der Waals surface area contributed by atoms with Gasteiger partial charge in [0.2, 0.25) is 5.91 Å². The number of carbonyl (C=O) groups excluding carboxylic acids is 1. The molecule has 1 aromatic carbocycles. The molecule has 0 spiro atoms. The Bertz CT molecular complexity index is 891. The number of hydrogen-bond donors (Lipinski definition) is 0. The number of amides is 1. The highest BCUT2D eigenvalue weighted by Crippen LogP contribution is 2.65. The van der Waals surface area contributed by atoms with E-state index in [1.165, 1.54) is 32.1 Å². The Morgan fingerprint density at radius 3 is 2.61 bits per heavy atom. The van der Waals surface area contributed by atoms with E-state index in [9.17, 15) is 4.79 Å². The van der Waals surface area contributed by atoms with Crippen molar-refractivity contribution in [1.29, 1.82) is 0 Å². The summed E-state index contributed by atoms with van der Waals surface area (Å²) in [6, 6.07) is 5.65. The lowest BCUT2D eigenvalue weighted by Crippen LogP contribution is -2.54. The van der Waals surface area contributed by atoms with Crippen molar-refractivity contribution in [2.45, 2.75) is 55.7 Å². The fourth-order valence-electron chi connectivity index (χ4n) is 6.85. The van der Waals surface area contributed by atoms with Gasteiger partial charge in [-0.2, -0.15) is 0 Å². The topological polar surface area (TPSA) is 51.1 Å². The molecule has 0 N–H and O–H groups in total. The van der Waals surface area contributed by atoms with Crippen LogP contribution in [0.5, 0.6) is 11.5 Å². The second kappa shape index (κ2) is 8.29. The third kappa shape index (κ3) is 4.24. The number of amidine groups is 1. The zero-order chi connectivity index (χ0) is 21.6. The van der Waals surface area contributed by atoms with Crippen LogP contribution in [0.4, 0.5) is 5.69 Å². The van der Waals surface area contributed by atoms with Gasteiger partial charge in [0.05, 0.1) is 19.9 Å². The molecule has 0 aromatic heterocycles. The van der Waals surface area contributed by atoms with E-state index in [4.69, 9.17) is 14.5 Å². The van der Waals surface area contributed by atoms with Gasteiger partial charge in [0.25, 0.3) is 0 Å². The summed E-state index contributed by atoms with van der Waals surface area (Å²) in [6.45, 7) is 0.764. The molecule has 0 radical (unpaired) electrons. The molecule has 1 aliphatic heterocycles. The first-order valence-corrected chi connectivity index (χ1v) is 13.1. The van der Waals surface area contributed by atoms with Gasteiger partial charge < -0.3 is 9.47 Å². The van der Waals surface area contributed by atoms with E-state index in [2.05, 4.69) is 15.9 Å². The number of rotatable bonds is 5. The number of nitrogens with zero attached hydrogens (tertiary/aromatic N) is 2. The highest BCUT2D eigenvalue weighted by molar-refractivity contribution is 9.10. The van der Waals surface area contributed by atoms with Crippen LogP contribution in [-0.2, 0) is 4.79 Å². The largest absolute Gasteiger partial charge is 0.493 e. The first-order valence-electron chi connectivity index (χ1n) is 11.3. The van der Waals surface area contributed by atoms with Crippen LogP contribution in [-0.4, -0.2) is 46.8 Å². The number of ether oxygens (including phenoxy) is 2. The molecule has 7 heteroatoms. The van der Waals surface area contributed by atoms with Crippen molar-refractivity contribution in [2.24, 2.45) is 22.2 Å². The molecular formula is C24H31BrN2O3S. The van der Waals surface area contributed by atoms with Gasteiger partial charge in [-0.15, -0.1) is 0 Å². The summed E-state index contributed by atoms with van der Waals surface area (Å²) in [5.74, 6) is 4.17. The van der Waals surface area contributed by atoms with E-state index < -0.39 is 0 Å². The SMILES string of the molecule is COc1ccc(N=C2SCCCN2C(=O)CC23C[C@H]4C[C@@H](CC(Br)(C4)C2)C3)cc1OC. The van der Waals surface area contributed by atoms with Crippen LogP contribution < -0.4 is 9.47 Å². The van der Waals surface area contributed by atoms with Crippen molar-refractivity contribution in [3.63, 3.8) is 0 Å². The maximum absolute atomic E-state index is 13.6. The molecule has 5 nitrogen and oxygen atoms in total. The number of carbonyl (C=O) groups is 1. The molecule has 4 saturated carbocycles. The second-order valence-corrected chi connectivity index (χ2v) is 12.7. The number of thioether (sulfide) groups is 1. The minimum absolute atomic E-state index is 0.182. The average molecular weight is 507 g/mol. The average Bonchev–Trinajstić information content (AvgIpc) is 2.71. The number of hydrogen-bond acceptors (Lipinski definition) is 5. The van der Waals surface area contributed by atoms with Crippen molar-refractivity contribution in [2.75, 3.05) is 26.5 Å². The van der Waals surface area contributed by atoms with Gasteiger partial charge in [-0.05, 0) is 74.3 Å². The minimum atomic E-state index is 0.182. The molecule has 5 aliphatic rings. The van der Waals surface area contributed by atoms with Crippen molar-refractivity contribution in [1.82, 2.24) is 4.90 Å². The van der Waals surface area contributed by atoms with Gasteiger partial charge in [-0.25, -0.2) is 4.99 Å². The zero-order valence-electron chi connectivity index (χ0n) is 18.4. The van der Waals surface area contributed by atoms with Gasteiger partial charge in [0.1, 0.15) is 0 Å². The molecule has 1 aromatic rings. The molecule has 31 heavy (non-hydrogen) atoms. The first kappa shape index (κ1) is 21.6. The van der Waals surface area contributed by atoms with E-state index in [1.54, 1.807) is 26.0 Å². The molecule has 6 rings (SSSR count). The highest BCUT2D eigenvalue weighted by atomic mass is 79.9. The molecule has 1 heterocycles. The van der Waals surface area contributed by atoms with Crippen molar-refractivity contribution < 1.29 is 14.3 Å². The molecule has 4 bridgehead atoms. The Balaban J connectivity index is 1.36. The summed E-state index contributed by atoms with van der Waals surface area (Å²) in [5.41, 5.74) is 0.968. The standard InChI is InChI=1S/C24H31BrN2O3S/c1-29-19-5-4-18(9-20(19)30-2)26-22-27(6-3-7-31-22)21(28)14-23-10-16-8-17(11-23)13-24(25,12-16)15-23/h4-5,9,16-17H,3,6-8,10-15H2,1-2H3/t16-,17-,23?,24?/m1/s1. The van der Waals surface area contributed by atoms with E-state index in [1.807, 2.05) is 23.1 Å². The van der Waals surface area contributed by atoms with E-state index in [-0.39, 0.29) is 15.6 Å². The van der Waals surface area contributed by atoms with Crippen LogP contribution in [0.15, 0.2) is 23.2 Å². The molecule has 2 atom stereocenters. The third-order valence-electron chi connectivity index (χ3n) is 7.52. The predicted octanol–water partition coefficient (Wildman–Crippen LogP) is 5.78. The van der Waals surface area contributed by atoms with E-state index in [0.29, 0.717) is 17.9 Å². The normalized spacial score (nSPS) is 35.5. The summed E-state index contributed by atoms with van der Waals surface area (Å²) in [5, 5.41) is 0.821. The predicted molar refractivity (Wildman–Crippen MR) is 129 cm³/mol. The van der Waals surface area contributed by atoms with Crippen molar-refractivity contribution in [3.8, 4) is 11.5 Å². The smallest absolute Gasteiger partial charge is 0.229 e. The van der Waals surface area contributed by atoms with Crippen LogP contribution in [0.25, 0.3) is 0 Å². The summed E-state index contributed by atoms with van der Waals surface area (Å²) < 4.78 is 11.0. The maximum Gasteiger partial charge on any atom is 0.229 e. The minimum Gasteiger partial charge on any atom is -0.493 e. The Kier molecular flexibility index (Phi) is 5.78. The zero-order valence-corrected chi connectivity index (χ0v) is 20.8. The van der Waals surface area contributed by atoms with Gasteiger partial charge in [-0.1, -0.05) is 27.7 Å². The lowest BCUT2D eigenvalue weighted by molar-refractivity contribution is -0.134. The number of halogens is 1. The summed E-state index contributed by atoms with van der Waals surface area (Å²) >= 11 is 5.77. The molecule has 168 valence electrons. The molecule has 1 saturated heterocycles. The maximum atomic E-state index is 13.6. The third-order valence-corrected chi connectivity index (χ3v) is 9.51. The number of aliphatic imine (C=N–C) groups is 1. The molecule has 4 aliphatic carbocycles. The fraction of sp³-hybridized carbons (Fsp3) is 0.667. The van der Waals surface area contributed by atoms with Gasteiger partial charge in [0, 0.05) is 29.1 Å². The van der Waals surface area contributed by atoms with Crippen molar-refractivity contribution >= 4 is 44.5 Å².